The van der Waals surface area contributed by atoms with Crippen molar-refractivity contribution in [2.75, 3.05) is 26.4 Å². The van der Waals surface area contributed by atoms with Crippen LogP contribution in [0.15, 0.2) is 11.1 Å². The number of Topliss-reactive ketones (excluding diaryl/α,β-unsaturated/α-hetero) is 1. The fraction of sp³-hybridized carbons (Fsp3) is 0.932. The summed E-state index contributed by atoms with van der Waals surface area (Å²) in [7, 11) is 0. The maximum absolute atomic E-state index is 15.1. The molecule has 27 nitrogen and oxygen atoms in total. The Morgan fingerprint density at radius 2 is 1.03 bits per heavy atom. The first-order valence-corrected chi connectivity index (χ1v) is 30.6. The van der Waals surface area contributed by atoms with E-state index in [-0.39, 0.29) is 29.5 Å². The first kappa shape index (κ1) is 66.8. The van der Waals surface area contributed by atoms with Crippen molar-refractivity contribution >= 4 is 11.8 Å². The Labute approximate surface area is 499 Å². The van der Waals surface area contributed by atoms with Gasteiger partial charge in [-0.2, -0.15) is 0 Å². The summed E-state index contributed by atoms with van der Waals surface area (Å²) < 4.78 is 61.2. The molecule has 0 aromatic carbocycles. The predicted molar refractivity (Wildman–Crippen MR) is 288 cm³/mol. The van der Waals surface area contributed by atoms with Crippen LogP contribution in [0.3, 0.4) is 0 Å². The van der Waals surface area contributed by atoms with Gasteiger partial charge in [0.15, 0.2) is 30.9 Å². The van der Waals surface area contributed by atoms with E-state index in [0.717, 1.165) is 12.0 Å². The maximum Gasteiger partial charge on any atom is 0.319 e. The number of hydrogen-bond donors (Lipinski definition) is 15. The van der Waals surface area contributed by atoms with E-state index in [4.69, 9.17) is 47.4 Å². The molecule has 86 heavy (non-hydrogen) atoms. The van der Waals surface area contributed by atoms with Crippen molar-refractivity contribution in [1.82, 2.24) is 0 Å². The molecule has 0 amide bonds. The van der Waals surface area contributed by atoms with Gasteiger partial charge in [-0.1, -0.05) is 54.0 Å². The van der Waals surface area contributed by atoms with E-state index in [9.17, 15) is 81.4 Å². The van der Waals surface area contributed by atoms with Crippen LogP contribution in [0.2, 0.25) is 0 Å². The molecule has 0 spiro atoms. The third-order valence-electron chi connectivity index (χ3n) is 23.0. The quantitative estimate of drug-likeness (QED) is 0.0637. The number of carbonyl (C=O) groups is 2. The van der Waals surface area contributed by atoms with Crippen LogP contribution < -0.4 is 0 Å². The molecule has 0 aromatic heterocycles. The second-order valence-electron chi connectivity index (χ2n) is 28.3. The minimum absolute atomic E-state index is 0.00283. The summed E-state index contributed by atoms with van der Waals surface area (Å²) >= 11 is 0. The second kappa shape index (κ2) is 24.4. The molecule has 0 bridgehead atoms. The lowest BCUT2D eigenvalue weighted by Gasteiger charge is -2.71. The van der Waals surface area contributed by atoms with Crippen LogP contribution in [0.4, 0.5) is 0 Å². The molecule has 10 rings (SSSR count). The van der Waals surface area contributed by atoms with Gasteiger partial charge in [0.1, 0.15) is 110 Å². The highest BCUT2D eigenvalue weighted by Gasteiger charge is 2.70. The molecule has 0 aromatic rings. The summed E-state index contributed by atoms with van der Waals surface area (Å²) in [5, 5.41) is 162. The predicted octanol–water partition coefficient (Wildman–Crippen LogP) is -3.22. The lowest BCUT2D eigenvalue weighted by atomic mass is 9.34. The van der Waals surface area contributed by atoms with Gasteiger partial charge < -0.3 is 124 Å². The van der Waals surface area contributed by atoms with Crippen molar-refractivity contribution in [3.63, 3.8) is 0 Å². The fourth-order valence-electron chi connectivity index (χ4n) is 17.4. The molecule has 10 aliphatic rings. The van der Waals surface area contributed by atoms with Crippen molar-refractivity contribution < 1.29 is 134 Å². The van der Waals surface area contributed by atoms with Crippen molar-refractivity contribution in [3.8, 4) is 0 Å². The fourth-order valence-corrected chi connectivity index (χ4v) is 17.4. The molecule has 5 heterocycles. The van der Waals surface area contributed by atoms with Gasteiger partial charge in [0, 0.05) is 11.0 Å². The number of aliphatic hydroxyl groups is 15. The average Bonchev–Trinajstić information content (AvgIpc) is 0.740. The number of carbonyl (C=O) groups excluding carboxylic acids is 2. The van der Waals surface area contributed by atoms with E-state index in [1.807, 2.05) is 13.8 Å². The van der Waals surface area contributed by atoms with E-state index >= 15 is 4.79 Å². The molecule has 27 heteroatoms. The molecular formula is C59H94O27. The Balaban J connectivity index is 0.928. The zero-order valence-corrected chi connectivity index (χ0v) is 50.1. The first-order chi connectivity index (χ1) is 40.3. The Morgan fingerprint density at radius 1 is 0.512 bits per heavy atom. The van der Waals surface area contributed by atoms with E-state index in [1.165, 1.54) is 6.92 Å². The van der Waals surface area contributed by atoms with Gasteiger partial charge in [0.05, 0.1) is 44.1 Å². The highest BCUT2D eigenvalue weighted by Crippen LogP contribution is 2.76. The Bertz CT molecular complexity index is 2460. The normalized spacial score (nSPS) is 52.9. The number of allylic oxidation sites excluding steroid dienone is 1. The standard InChI is InChI=1S/C59H94O27/c1-23-33(64)37(68)41(72)48(78-23)85-46-44(83-52-45(40(71)36(67)28(21-62)81-52)84-49-42(73)38(69)34(65)26(19-60)79-49)25(63)22-77-51(46)82-31-12-13-56(6)29(55(31,4)5)11-14-58(8)30(56)10-9-24-32-47(75)54(2,3)15-17-59(32,18-16-57(24,58)7)53(76)86-50-43(74)39(70)35(66)27(20-61)80-50/h23,25-31,33-46,48-52,60-74H,9-22H2,1-8H3. The summed E-state index contributed by atoms with van der Waals surface area (Å²) in [5.74, 6) is -0.820. The van der Waals surface area contributed by atoms with Crippen molar-refractivity contribution in [2.45, 2.75) is 273 Å². The highest BCUT2D eigenvalue weighted by molar-refractivity contribution is 6.07. The molecule has 5 aliphatic heterocycles. The topological polar surface area (TPSA) is 430 Å². The SMILES string of the molecule is CC1OC(OC2C(OC3CCC4(C)C(CCC5(C)C4CCC4=C6C(=O)C(C)(C)CCC6(C(=O)OC6OC(CO)C(O)C(O)C6O)CCC45C)C3(C)C)OCC(O)C2OC2OC(CO)C(O)C(O)C2OC2OC(CO)C(O)C(O)C2O)C(O)C(O)C1O. The van der Waals surface area contributed by atoms with E-state index in [1.54, 1.807) is 0 Å². The molecule has 0 radical (unpaired) electrons. The number of rotatable bonds is 13. The average molecular weight is 1240 g/mol. The van der Waals surface area contributed by atoms with Gasteiger partial charge in [-0.3, -0.25) is 9.59 Å². The van der Waals surface area contributed by atoms with Crippen LogP contribution >= 0.6 is 0 Å². The Kier molecular flexibility index (Phi) is 19.0. The van der Waals surface area contributed by atoms with Crippen LogP contribution in [0.5, 0.6) is 0 Å². The summed E-state index contributed by atoms with van der Waals surface area (Å²) in [6.45, 7) is 13.4. The number of fused-ring (bicyclic) bond motifs is 6. The molecule has 31 atom stereocenters. The van der Waals surface area contributed by atoms with Crippen LogP contribution in [0.1, 0.15) is 120 Å². The first-order valence-electron chi connectivity index (χ1n) is 30.6. The molecule has 31 unspecified atom stereocenters. The van der Waals surface area contributed by atoms with Gasteiger partial charge in [-0.05, 0) is 105 Å². The number of ether oxygens (including phenoxy) is 10. The van der Waals surface area contributed by atoms with Crippen LogP contribution in [0, 0.1) is 44.3 Å². The van der Waals surface area contributed by atoms with Crippen LogP contribution in [-0.2, 0) is 57.0 Å². The lowest BCUT2D eigenvalue weighted by molar-refractivity contribution is -0.401. The molecule has 15 N–H and O–H groups in total. The van der Waals surface area contributed by atoms with E-state index < -0.39 is 213 Å². The second-order valence-corrected chi connectivity index (χ2v) is 28.3. The van der Waals surface area contributed by atoms with Gasteiger partial charge in [0.25, 0.3) is 0 Å². The Hall–Kier alpha value is -2.08. The van der Waals surface area contributed by atoms with E-state index in [2.05, 4.69) is 34.6 Å². The summed E-state index contributed by atoms with van der Waals surface area (Å²) in [6.07, 6.45) is -36.2. The molecule has 5 aliphatic carbocycles. The maximum atomic E-state index is 15.1. The number of ketones is 1. The monoisotopic (exact) mass is 1230 g/mol. The highest BCUT2D eigenvalue weighted by atomic mass is 16.8. The largest absolute Gasteiger partial charge is 0.432 e. The third kappa shape index (κ3) is 10.8. The number of aliphatic hydroxyl groups excluding tert-OH is 15. The van der Waals surface area contributed by atoms with E-state index in [0.29, 0.717) is 56.9 Å². The van der Waals surface area contributed by atoms with Crippen molar-refractivity contribution in [1.29, 1.82) is 0 Å². The minimum atomic E-state index is -1.99. The zero-order valence-electron chi connectivity index (χ0n) is 50.1. The minimum Gasteiger partial charge on any atom is -0.432 e. The summed E-state index contributed by atoms with van der Waals surface area (Å²) in [4.78, 5) is 29.9. The Morgan fingerprint density at radius 3 is 1.65 bits per heavy atom. The molecule has 4 saturated carbocycles. The van der Waals surface area contributed by atoms with Crippen LogP contribution in [0.25, 0.3) is 0 Å². The summed E-state index contributed by atoms with van der Waals surface area (Å²) in [6, 6.07) is 0. The molecule has 9 fully saturated rings. The van der Waals surface area contributed by atoms with Crippen molar-refractivity contribution in [3.05, 3.63) is 11.1 Å². The van der Waals surface area contributed by atoms with Gasteiger partial charge in [-0.25, -0.2) is 0 Å². The number of esters is 1. The number of hydrogen-bond acceptors (Lipinski definition) is 27. The van der Waals surface area contributed by atoms with Gasteiger partial charge in [0.2, 0.25) is 6.29 Å². The molecule has 492 valence electrons. The smallest absolute Gasteiger partial charge is 0.319 e. The van der Waals surface area contributed by atoms with Gasteiger partial charge in [-0.15, -0.1) is 0 Å². The molecule has 5 saturated heterocycles. The molecular weight excluding hydrogens is 1140 g/mol. The van der Waals surface area contributed by atoms with Crippen LogP contribution in [-0.4, -0.2) is 268 Å². The third-order valence-corrected chi connectivity index (χ3v) is 23.0. The lowest BCUT2D eigenvalue weighted by Crippen LogP contribution is -2.67. The van der Waals surface area contributed by atoms with Crippen molar-refractivity contribution in [2.24, 2.45) is 44.3 Å². The zero-order chi connectivity index (χ0) is 62.9. The summed E-state index contributed by atoms with van der Waals surface area (Å²) in [5.41, 5.74) is -2.77. The van der Waals surface area contributed by atoms with Gasteiger partial charge >= 0.3 is 5.97 Å².